The van der Waals surface area contributed by atoms with Crippen molar-refractivity contribution >= 4 is 23.6 Å². The van der Waals surface area contributed by atoms with E-state index in [0.29, 0.717) is 43.7 Å². The molecule has 0 unspecified atom stereocenters. The molecule has 0 spiro atoms. The molecule has 2 heterocycles. The summed E-state index contributed by atoms with van der Waals surface area (Å²) in [7, 11) is 0. The van der Waals surface area contributed by atoms with E-state index in [1.165, 1.54) is 0 Å². The average molecular weight is 343 g/mol. The maximum Gasteiger partial charge on any atom is 0.261 e. The number of carbonyl (C=O) groups excluding carboxylic acids is 4. The lowest BCUT2D eigenvalue weighted by Gasteiger charge is -2.35. The van der Waals surface area contributed by atoms with Gasteiger partial charge in [0.15, 0.2) is 0 Å². The molecule has 0 aliphatic carbocycles. The minimum atomic E-state index is -0.341. The molecule has 7 nitrogen and oxygen atoms in total. The molecule has 0 radical (unpaired) electrons. The van der Waals surface area contributed by atoms with Gasteiger partial charge >= 0.3 is 0 Å². The molecule has 0 bridgehead atoms. The Morgan fingerprint density at radius 1 is 0.880 bits per heavy atom. The zero-order valence-corrected chi connectivity index (χ0v) is 14.2. The van der Waals surface area contributed by atoms with E-state index in [1.54, 1.807) is 34.1 Å². The van der Waals surface area contributed by atoms with Crippen LogP contribution in [-0.4, -0.2) is 71.1 Å². The summed E-state index contributed by atoms with van der Waals surface area (Å²) in [5, 5.41) is 0. The van der Waals surface area contributed by atoms with Crippen LogP contribution in [0.2, 0.25) is 0 Å². The highest BCUT2D eigenvalue weighted by atomic mass is 16.2. The minimum Gasteiger partial charge on any atom is -0.339 e. The fourth-order valence-corrected chi connectivity index (χ4v) is 3.24. The Hall–Kier alpha value is -2.70. The molecule has 0 N–H and O–H groups in total. The van der Waals surface area contributed by atoms with Gasteiger partial charge in [0.2, 0.25) is 11.8 Å². The number of amides is 4. The highest BCUT2D eigenvalue weighted by molar-refractivity contribution is 6.21. The Morgan fingerprint density at radius 3 is 1.84 bits per heavy atom. The number of benzene rings is 1. The second-order valence-corrected chi connectivity index (χ2v) is 6.17. The predicted octanol–water partition coefficient (Wildman–Crippen LogP) is 0.753. The number of rotatable bonds is 4. The van der Waals surface area contributed by atoms with Gasteiger partial charge in [0, 0.05) is 45.6 Å². The standard InChI is InChI=1S/C18H21N3O4/c1-2-15(22)19-9-11-20(12-10-19)16(23)7-8-21-17(24)13-5-3-4-6-14(13)18(21)25/h3-6H,2,7-12H2,1H3. The van der Waals surface area contributed by atoms with Crippen LogP contribution in [0.5, 0.6) is 0 Å². The molecule has 1 saturated heterocycles. The Bertz CT molecular complexity index is 688. The molecule has 7 heteroatoms. The van der Waals surface area contributed by atoms with Gasteiger partial charge in [-0.25, -0.2) is 0 Å². The highest BCUT2D eigenvalue weighted by Gasteiger charge is 2.35. The van der Waals surface area contributed by atoms with Crippen LogP contribution < -0.4 is 0 Å². The van der Waals surface area contributed by atoms with E-state index in [-0.39, 0.29) is 36.6 Å². The molecule has 0 saturated carbocycles. The zero-order chi connectivity index (χ0) is 18.0. The summed E-state index contributed by atoms with van der Waals surface area (Å²) in [5.41, 5.74) is 0.790. The molecule has 0 atom stereocenters. The summed E-state index contributed by atoms with van der Waals surface area (Å²) in [4.78, 5) is 53.2. The van der Waals surface area contributed by atoms with E-state index in [9.17, 15) is 19.2 Å². The van der Waals surface area contributed by atoms with Crippen LogP contribution in [0, 0.1) is 0 Å². The quantitative estimate of drug-likeness (QED) is 0.756. The molecule has 132 valence electrons. The van der Waals surface area contributed by atoms with Gasteiger partial charge in [-0.2, -0.15) is 0 Å². The first-order valence-electron chi connectivity index (χ1n) is 8.53. The fraction of sp³-hybridized carbons (Fsp3) is 0.444. The van der Waals surface area contributed by atoms with Gasteiger partial charge in [0.25, 0.3) is 11.8 Å². The second-order valence-electron chi connectivity index (χ2n) is 6.17. The lowest BCUT2D eigenvalue weighted by atomic mass is 10.1. The summed E-state index contributed by atoms with van der Waals surface area (Å²) in [6.45, 7) is 3.96. The summed E-state index contributed by atoms with van der Waals surface area (Å²) in [5.74, 6) is -0.684. The number of nitrogens with zero attached hydrogens (tertiary/aromatic N) is 3. The zero-order valence-electron chi connectivity index (χ0n) is 14.2. The molecule has 1 fully saturated rings. The summed E-state index contributed by atoms with van der Waals surface area (Å²) < 4.78 is 0. The van der Waals surface area contributed by atoms with E-state index < -0.39 is 0 Å². The Kier molecular flexibility index (Phi) is 4.83. The summed E-state index contributed by atoms with van der Waals surface area (Å²) >= 11 is 0. The largest absolute Gasteiger partial charge is 0.339 e. The van der Waals surface area contributed by atoms with Gasteiger partial charge in [-0.3, -0.25) is 24.1 Å². The SMILES string of the molecule is CCC(=O)N1CCN(C(=O)CCN2C(=O)c3ccccc3C2=O)CC1. The molecule has 2 aliphatic rings. The molecule has 1 aromatic rings. The number of piperazine rings is 1. The van der Waals surface area contributed by atoms with Crippen molar-refractivity contribution in [3.63, 3.8) is 0 Å². The second kappa shape index (κ2) is 7.04. The van der Waals surface area contributed by atoms with Crippen LogP contribution in [0.15, 0.2) is 24.3 Å². The minimum absolute atomic E-state index is 0.0826. The monoisotopic (exact) mass is 343 g/mol. The third-order valence-corrected chi connectivity index (χ3v) is 4.71. The van der Waals surface area contributed by atoms with E-state index >= 15 is 0 Å². The average Bonchev–Trinajstić information content (AvgIpc) is 2.90. The number of hydrogen-bond donors (Lipinski definition) is 0. The Morgan fingerprint density at radius 2 is 1.36 bits per heavy atom. The van der Waals surface area contributed by atoms with Crippen molar-refractivity contribution in [3.8, 4) is 0 Å². The summed E-state index contributed by atoms with van der Waals surface area (Å²) in [6, 6.07) is 6.69. The summed E-state index contributed by atoms with van der Waals surface area (Å²) in [6.07, 6.45) is 0.570. The number of carbonyl (C=O) groups is 4. The van der Waals surface area contributed by atoms with Gasteiger partial charge in [-0.05, 0) is 12.1 Å². The van der Waals surface area contributed by atoms with Crippen LogP contribution in [0.4, 0.5) is 0 Å². The van der Waals surface area contributed by atoms with Crippen LogP contribution in [0.1, 0.15) is 40.5 Å². The fourth-order valence-electron chi connectivity index (χ4n) is 3.24. The first-order valence-corrected chi connectivity index (χ1v) is 8.53. The van der Waals surface area contributed by atoms with Crippen molar-refractivity contribution in [2.24, 2.45) is 0 Å². The van der Waals surface area contributed by atoms with E-state index in [0.717, 1.165) is 4.90 Å². The first kappa shape index (κ1) is 17.1. The number of hydrogen-bond acceptors (Lipinski definition) is 4. The van der Waals surface area contributed by atoms with Gasteiger partial charge in [0.05, 0.1) is 11.1 Å². The lowest BCUT2D eigenvalue weighted by Crippen LogP contribution is -2.51. The van der Waals surface area contributed by atoms with Gasteiger partial charge in [-0.15, -0.1) is 0 Å². The van der Waals surface area contributed by atoms with E-state index in [2.05, 4.69) is 0 Å². The molecule has 25 heavy (non-hydrogen) atoms. The van der Waals surface area contributed by atoms with Crippen molar-refractivity contribution in [1.29, 1.82) is 0 Å². The van der Waals surface area contributed by atoms with E-state index in [4.69, 9.17) is 0 Å². The van der Waals surface area contributed by atoms with Crippen LogP contribution in [0.3, 0.4) is 0 Å². The lowest BCUT2D eigenvalue weighted by molar-refractivity contribution is -0.139. The van der Waals surface area contributed by atoms with Gasteiger partial charge < -0.3 is 9.80 Å². The molecule has 2 aliphatic heterocycles. The Labute approximate surface area is 146 Å². The Balaban J connectivity index is 1.53. The normalized spacial score (nSPS) is 17.1. The number of imide groups is 1. The molecular weight excluding hydrogens is 322 g/mol. The van der Waals surface area contributed by atoms with Crippen LogP contribution in [-0.2, 0) is 9.59 Å². The van der Waals surface area contributed by atoms with Crippen molar-refractivity contribution in [3.05, 3.63) is 35.4 Å². The van der Waals surface area contributed by atoms with Crippen molar-refractivity contribution < 1.29 is 19.2 Å². The van der Waals surface area contributed by atoms with E-state index in [1.807, 2.05) is 6.92 Å². The highest BCUT2D eigenvalue weighted by Crippen LogP contribution is 2.22. The first-order chi connectivity index (χ1) is 12.0. The van der Waals surface area contributed by atoms with Crippen molar-refractivity contribution in [1.82, 2.24) is 14.7 Å². The molecule has 4 amide bonds. The van der Waals surface area contributed by atoms with Gasteiger partial charge in [0.1, 0.15) is 0 Å². The van der Waals surface area contributed by atoms with Crippen molar-refractivity contribution in [2.75, 3.05) is 32.7 Å². The third-order valence-electron chi connectivity index (χ3n) is 4.71. The third kappa shape index (κ3) is 3.26. The topological polar surface area (TPSA) is 78.0 Å². The van der Waals surface area contributed by atoms with Crippen LogP contribution in [0.25, 0.3) is 0 Å². The van der Waals surface area contributed by atoms with Crippen LogP contribution >= 0.6 is 0 Å². The maximum absolute atomic E-state index is 12.4. The predicted molar refractivity (Wildman–Crippen MR) is 89.9 cm³/mol. The number of fused-ring (bicyclic) bond motifs is 1. The molecular formula is C18H21N3O4. The smallest absolute Gasteiger partial charge is 0.261 e. The molecule has 0 aromatic heterocycles. The molecule has 1 aromatic carbocycles. The van der Waals surface area contributed by atoms with Crippen molar-refractivity contribution in [2.45, 2.75) is 19.8 Å². The molecule has 3 rings (SSSR count). The van der Waals surface area contributed by atoms with Gasteiger partial charge in [-0.1, -0.05) is 19.1 Å². The maximum atomic E-state index is 12.4.